The summed E-state index contributed by atoms with van der Waals surface area (Å²) in [6.07, 6.45) is 0.674. The molecule has 0 bridgehead atoms. The van der Waals surface area contributed by atoms with Crippen molar-refractivity contribution in [2.45, 2.75) is 53.2 Å². The first-order chi connectivity index (χ1) is 10.5. The summed E-state index contributed by atoms with van der Waals surface area (Å²) in [5, 5.41) is 0. The van der Waals surface area contributed by atoms with Gasteiger partial charge in [-0.1, -0.05) is 52.0 Å². The minimum Gasteiger partial charge on any atom is -0.396 e. The number of rotatable bonds is 7. The zero-order valence-electron chi connectivity index (χ0n) is 13.7. The van der Waals surface area contributed by atoms with Crippen molar-refractivity contribution in [3.05, 3.63) is 57.5 Å². The van der Waals surface area contributed by atoms with Crippen LogP contribution in [0.25, 0.3) is 0 Å². The van der Waals surface area contributed by atoms with Gasteiger partial charge in [0.2, 0.25) is 0 Å². The summed E-state index contributed by atoms with van der Waals surface area (Å²) >= 11 is 0. The van der Waals surface area contributed by atoms with E-state index in [-0.39, 0.29) is 6.61 Å². The van der Waals surface area contributed by atoms with Crippen LogP contribution in [0.5, 0.6) is 0 Å². The topological polar surface area (TPSA) is 52.6 Å². The van der Waals surface area contributed by atoms with Gasteiger partial charge < -0.3 is 13.6 Å². The second-order valence-electron chi connectivity index (χ2n) is 6.29. The minimum atomic E-state index is -0.657. The van der Waals surface area contributed by atoms with Crippen molar-refractivity contribution < 1.29 is 13.6 Å². The standard InChI is InChI=1S/C18H24O4/c1-12(2)9-16-17(22-18(19)21-16)11-20-10-14-5-7-15(8-6-14)13(3)4/h5-8,12-13H,9-11H2,1-4H3. The van der Waals surface area contributed by atoms with Crippen molar-refractivity contribution >= 4 is 0 Å². The van der Waals surface area contributed by atoms with Crippen molar-refractivity contribution in [1.82, 2.24) is 0 Å². The second kappa shape index (κ2) is 7.45. The van der Waals surface area contributed by atoms with Gasteiger partial charge in [-0.15, -0.1) is 0 Å². The van der Waals surface area contributed by atoms with Crippen LogP contribution in [0.3, 0.4) is 0 Å². The van der Waals surface area contributed by atoms with Gasteiger partial charge in [-0.25, -0.2) is 4.79 Å². The van der Waals surface area contributed by atoms with E-state index in [1.807, 2.05) is 0 Å². The van der Waals surface area contributed by atoms with Gasteiger partial charge in [0, 0.05) is 6.42 Å². The molecule has 0 aliphatic heterocycles. The zero-order chi connectivity index (χ0) is 16.1. The number of hydrogen-bond donors (Lipinski definition) is 0. The molecule has 0 radical (unpaired) electrons. The highest BCUT2D eigenvalue weighted by atomic mass is 16.6. The van der Waals surface area contributed by atoms with E-state index in [4.69, 9.17) is 13.6 Å². The molecule has 0 saturated heterocycles. The van der Waals surface area contributed by atoms with Crippen LogP contribution in [0.15, 0.2) is 37.9 Å². The lowest BCUT2D eigenvalue weighted by Gasteiger charge is -2.07. The second-order valence-corrected chi connectivity index (χ2v) is 6.29. The molecule has 0 unspecified atom stereocenters. The lowest BCUT2D eigenvalue weighted by atomic mass is 10.0. The monoisotopic (exact) mass is 304 g/mol. The van der Waals surface area contributed by atoms with Crippen LogP contribution < -0.4 is 5.82 Å². The predicted molar refractivity (Wildman–Crippen MR) is 84.8 cm³/mol. The maximum Gasteiger partial charge on any atom is 0.519 e. The Bertz CT molecular complexity index is 632. The molecule has 1 heterocycles. The average molecular weight is 304 g/mol. The SMILES string of the molecule is CC(C)Cc1oc(=O)oc1COCc1ccc(C(C)C)cc1. The molecular formula is C18H24O4. The fourth-order valence-corrected chi connectivity index (χ4v) is 2.23. The van der Waals surface area contributed by atoms with Crippen LogP contribution in [0.2, 0.25) is 0 Å². The molecule has 4 heteroatoms. The molecule has 2 aromatic rings. The maximum absolute atomic E-state index is 11.2. The third kappa shape index (κ3) is 4.60. The summed E-state index contributed by atoms with van der Waals surface area (Å²) in [6.45, 7) is 9.20. The van der Waals surface area contributed by atoms with E-state index < -0.39 is 5.82 Å². The Morgan fingerprint density at radius 3 is 2.18 bits per heavy atom. The molecule has 0 N–H and O–H groups in total. The van der Waals surface area contributed by atoms with Gasteiger partial charge in [0.1, 0.15) is 6.61 Å². The van der Waals surface area contributed by atoms with E-state index in [9.17, 15) is 4.79 Å². The normalized spacial score (nSPS) is 11.5. The van der Waals surface area contributed by atoms with Gasteiger partial charge in [-0.3, -0.25) is 0 Å². The first kappa shape index (κ1) is 16.6. The molecule has 4 nitrogen and oxygen atoms in total. The Labute approximate surface area is 131 Å². The summed E-state index contributed by atoms with van der Waals surface area (Å²) in [5.74, 6) is 1.35. The van der Waals surface area contributed by atoms with Crippen molar-refractivity contribution in [2.75, 3.05) is 0 Å². The molecule has 120 valence electrons. The number of ether oxygens (including phenoxy) is 1. The first-order valence-electron chi connectivity index (χ1n) is 7.74. The van der Waals surface area contributed by atoms with Gasteiger partial charge in [0.05, 0.1) is 6.61 Å². The van der Waals surface area contributed by atoms with Crippen LogP contribution in [0, 0.1) is 5.92 Å². The molecule has 0 saturated carbocycles. The molecule has 22 heavy (non-hydrogen) atoms. The van der Waals surface area contributed by atoms with Crippen LogP contribution in [0.4, 0.5) is 0 Å². The molecule has 0 amide bonds. The highest BCUT2D eigenvalue weighted by Gasteiger charge is 2.14. The van der Waals surface area contributed by atoms with E-state index in [1.165, 1.54) is 5.56 Å². The summed E-state index contributed by atoms with van der Waals surface area (Å²) in [5.41, 5.74) is 2.41. The molecule has 0 aliphatic rings. The van der Waals surface area contributed by atoms with Gasteiger partial charge in [0.15, 0.2) is 11.5 Å². The first-order valence-corrected chi connectivity index (χ1v) is 7.74. The number of hydrogen-bond acceptors (Lipinski definition) is 4. The van der Waals surface area contributed by atoms with Gasteiger partial charge in [0.25, 0.3) is 0 Å². The average Bonchev–Trinajstić information content (AvgIpc) is 2.78. The van der Waals surface area contributed by atoms with Crippen LogP contribution in [-0.2, 0) is 24.4 Å². The Balaban J connectivity index is 1.92. The summed E-state index contributed by atoms with van der Waals surface area (Å²) in [7, 11) is 0. The molecular weight excluding hydrogens is 280 g/mol. The molecule has 0 aliphatic carbocycles. The fourth-order valence-electron chi connectivity index (χ4n) is 2.23. The Morgan fingerprint density at radius 1 is 0.955 bits per heavy atom. The van der Waals surface area contributed by atoms with Crippen LogP contribution >= 0.6 is 0 Å². The van der Waals surface area contributed by atoms with E-state index >= 15 is 0 Å². The van der Waals surface area contributed by atoms with Crippen molar-refractivity contribution in [1.29, 1.82) is 0 Å². The highest BCUT2D eigenvalue weighted by molar-refractivity contribution is 5.24. The Kier molecular flexibility index (Phi) is 5.61. The fraction of sp³-hybridized carbons (Fsp3) is 0.500. The lowest BCUT2D eigenvalue weighted by molar-refractivity contribution is 0.0912. The van der Waals surface area contributed by atoms with E-state index in [0.717, 1.165) is 5.56 Å². The Morgan fingerprint density at radius 2 is 1.59 bits per heavy atom. The molecule has 0 fully saturated rings. The van der Waals surface area contributed by atoms with E-state index in [0.29, 0.717) is 36.4 Å². The number of benzene rings is 1. The van der Waals surface area contributed by atoms with Crippen molar-refractivity contribution in [3.8, 4) is 0 Å². The van der Waals surface area contributed by atoms with E-state index in [2.05, 4.69) is 52.0 Å². The van der Waals surface area contributed by atoms with E-state index in [1.54, 1.807) is 0 Å². The summed E-state index contributed by atoms with van der Waals surface area (Å²) < 4.78 is 15.8. The van der Waals surface area contributed by atoms with Crippen molar-refractivity contribution in [2.24, 2.45) is 5.92 Å². The van der Waals surface area contributed by atoms with Crippen LogP contribution in [0.1, 0.15) is 56.3 Å². The van der Waals surface area contributed by atoms with Gasteiger partial charge in [-0.05, 0) is 23.0 Å². The molecule has 2 rings (SSSR count). The van der Waals surface area contributed by atoms with Crippen molar-refractivity contribution in [3.63, 3.8) is 0 Å². The molecule has 0 spiro atoms. The smallest absolute Gasteiger partial charge is 0.396 e. The summed E-state index contributed by atoms with van der Waals surface area (Å²) in [4.78, 5) is 11.2. The lowest BCUT2D eigenvalue weighted by Crippen LogP contribution is -1.99. The quantitative estimate of drug-likeness (QED) is 0.766. The van der Waals surface area contributed by atoms with Gasteiger partial charge in [-0.2, -0.15) is 0 Å². The summed E-state index contributed by atoms with van der Waals surface area (Å²) in [6, 6.07) is 8.36. The van der Waals surface area contributed by atoms with Crippen LogP contribution in [-0.4, -0.2) is 0 Å². The predicted octanol–water partition coefficient (Wildman–Crippen LogP) is 4.27. The zero-order valence-corrected chi connectivity index (χ0v) is 13.7. The minimum absolute atomic E-state index is 0.250. The maximum atomic E-state index is 11.2. The molecule has 1 aromatic heterocycles. The Hall–Kier alpha value is -1.81. The third-order valence-electron chi connectivity index (χ3n) is 3.47. The van der Waals surface area contributed by atoms with Gasteiger partial charge >= 0.3 is 5.82 Å². The largest absolute Gasteiger partial charge is 0.519 e. The molecule has 1 aromatic carbocycles. The third-order valence-corrected chi connectivity index (χ3v) is 3.47. The molecule has 0 atom stereocenters. The highest BCUT2D eigenvalue weighted by Crippen LogP contribution is 2.17.